The number of nitrogens with one attached hydrogen (secondary N) is 1. The molecule has 2 heterocycles. The smallest absolute Gasteiger partial charge is 0.347 e. The summed E-state index contributed by atoms with van der Waals surface area (Å²) >= 11 is 7.36. The summed E-state index contributed by atoms with van der Waals surface area (Å²) in [6.45, 7) is 6.39. The lowest BCUT2D eigenvalue weighted by Crippen LogP contribution is -2.47. The summed E-state index contributed by atoms with van der Waals surface area (Å²) in [7, 11) is 0. The first kappa shape index (κ1) is 25.0. The van der Waals surface area contributed by atoms with E-state index in [0.29, 0.717) is 27.9 Å². The number of aromatic nitrogens is 1. The maximum atomic E-state index is 13.1. The largest absolute Gasteiger partial charge is 0.478 e. The molecule has 4 rings (SSSR count). The topological polar surface area (TPSA) is 91.8 Å². The highest BCUT2D eigenvalue weighted by molar-refractivity contribution is 7.17. The Morgan fingerprint density at radius 2 is 1.97 bits per heavy atom. The van der Waals surface area contributed by atoms with E-state index in [2.05, 4.69) is 15.2 Å². The minimum atomic E-state index is -1.32. The lowest BCUT2D eigenvalue weighted by atomic mass is 10.0. The highest BCUT2D eigenvalue weighted by Gasteiger charge is 2.30. The zero-order valence-corrected chi connectivity index (χ0v) is 21.4. The van der Waals surface area contributed by atoms with Crippen LogP contribution < -0.4 is 15.0 Å². The van der Waals surface area contributed by atoms with Crippen molar-refractivity contribution >= 4 is 40.5 Å². The maximum Gasteiger partial charge on any atom is 0.347 e. The van der Waals surface area contributed by atoms with Crippen molar-refractivity contribution in [1.82, 2.24) is 10.3 Å². The van der Waals surface area contributed by atoms with Crippen LogP contribution in [0.5, 0.6) is 5.75 Å². The first-order valence-corrected chi connectivity index (χ1v) is 12.6. The van der Waals surface area contributed by atoms with Crippen LogP contribution in [0.15, 0.2) is 48.5 Å². The Balaban J connectivity index is 1.43. The van der Waals surface area contributed by atoms with Gasteiger partial charge < -0.3 is 20.1 Å². The molecule has 1 amide bonds. The molecule has 2 N–H and O–H groups in total. The molecular formula is C26H28ClN3O4S. The van der Waals surface area contributed by atoms with Crippen LogP contribution >= 0.6 is 22.9 Å². The summed E-state index contributed by atoms with van der Waals surface area (Å²) in [5, 5.41) is 14.0. The minimum absolute atomic E-state index is 0.0169. The highest BCUT2D eigenvalue weighted by Crippen LogP contribution is 2.30. The molecule has 7 nitrogen and oxygen atoms in total. The first-order valence-electron chi connectivity index (χ1n) is 11.4. The van der Waals surface area contributed by atoms with E-state index in [9.17, 15) is 14.7 Å². The number of hydrogen-bond donors (Lipinski definition) is 2. The second-order valence-electron chi connectivity index (χ2n) is 9.11. The number of rotatable bonds is 7. The van der Waals surface area contributed by atoms with Gasteiger partial charge in [-0.3, -0.25) is 4.79 Å². The normalized spacial score (nSPS) is 16.1. The molecule has 1 aliphatic rings. The second-order valence-corrected chi connectivity index (χ2v) is 10.5. The van der Waals surface area contributed by atoms with Gasteiger partial charge in [0.05, 0.1) is 5.69 Å². The molecule has 1 aliphatic heterocycles. The van der Waals surface area contributed by atoms with Gasteiger partial charge >= 0.3 is 5.97 Å². The zero-order valence-electron chi connectivity index (χ0n) is 19.9. The molecule has 1 fully saturated rings. The van der Waals surface area contributed by atoms with E-state index < -0.39 is 11.6 Å². The molecule has 0 saturated carbocycles. The van der Waals surface area contributed by atoms with Crippen LogP contribution in [-0.4, -0.2) is 46.7 Å². The lowest BCUT2D eigenvalue weighted by molar-refractivity contribution is -0.152. The number of carbonyl (C=O) groups excluding carboxylic acids is 1. The van der Waals surface area contributed by atoms with Gasteiger partial charge in [-0.1, -0.05) is 29.8 Å². The third-order valence-electron chi connectivity index (χ3n) is 5.92. The van der Waals surface area contributed by atoms with Gasteiger partial charge in [-0.2, -0.15) is 0 Å². The van der Waals surface area contributed by atoms with Crippen molar-refractivity contribution in [2.75, 3.05) is 18.0 Å². The number of amides is 1. The Hall–Kier alpha value is -3.10. The molecule has 0 spiro atoms. The predicted molar refractivity (Wildman–Crippen MR) is 139 cm³/mol. The summed E-state index contributed by atoms with van der Waals surface area (Å²) in [5.41, 5.74) is 1.24. The van der Waals surface area contributed by atoms with Crippen LogP contribution in [0.25, 0.3) is 10.6 Å². The quantitative estimate of drug-likeness (QED) is 0.438. The Bertz CT molecular complexity index is 1230. The van der Waals surface area contributed by atoms with Crippen molar-refractivity contribution in [3.8, 4) is 16.3 Å². The number of carbonyl (C=O) groups is 2. The van der Waals surface area contributed by atoms with E-state index in [-0.39, 0.29) is 11.9 Å². The molecule has 184 valence electrons. The lowest BCUT2D eigenvalue weighted by Gasteiger charge is -2.35. The average molecular weight is 514 g/mol. The second kappa shape index (κ2) is 10.3. The molecule has 1 atom stereocenters. The van der Waals surface area contributed by atoms with Crippen molar-refractivity contribution in [3.63, 3.8) is 0 Å². The highest BCUT2D eigenvalue weighted by atomic mass is 35.5. The van der Waals surface area contributed by atoms with E-state index in [1.54, 1.807) is 6.07 Å². The van der Waals surface area contributed by atoms with Gasteiger partial charge in [0.25, 0.3) is 5.91 Å². The fraction of sp³-hybridized carbons (Fsp3) is 0.346. The predicted octanol–water partition coefficient (Wildman–Crippen LogP) is 5.41. The van der Waals surface area contributed by atoms with Gasteiger partial charge in [0.2, 0.25) is 0 Å². The molecule has 35 heavy (non-hydrogen) atoms. The van der Waals surface area contributed by atoms with Crippen LogP contribution in [-0.2, 0) is 4.79 Å². The minimum Gasteiger partial charge on any atom is -0.478 e. The third kappa shape index (κ3) is 5.94. The number of halogens is 1. The fourth-order valence-electron chi connectivity index (χ4n) is 3.99. The molecule has 3 aromatic rings. The van der Waals surface area contributed by atoms with Crippen LogP contribution in [0, 0.1) is 6.92 Å². The Labute approximate surface area is 213 Å². The van der Waals surface area contributed by atoms with E-state index >= 15 is 0 Å². The molecule has 9 heteroatoms. The van der Waals surface area contributed by atoms with Gasteiger partial charge in [-0.15, -0.1) is 11.3 Å². The van der Waals surface area contributed by atoms with Crippen LogP contribution in [0.1, 0.15) is 42.1 Å². The summed E-state index contributed by atoms with van der Waals surface area (Å²) in [6.07, 6.45) is 1.81. The number of carboxylic acids is 1. The average Bonchev–Trinajstić information content (AvgIpc) is 3.21. The summed E-state index contributed by atoms with van der Waals surface area (Å²) in [5.74, 6) is -0.648. The molecule has 0 aliphatic carbocycles. The molecular weight excluding hydrogens is 486 g/mol. The van der Waals surface area contributed by atoms with E-state index in [1.165, 1.54) is 25.2 Å². The fourth-order valence-corrected chi connectivity index (χ4v) is 5.09. The molecule has 2 aromatic carbocycles. The first-order chi connectivity index (χ1) is 16.6. The van der Waals surface area contributed by atoms with Gasteiger partial charge in [0.1, 0.15) is 15.6 Å². The van der Waals surface area contributed by atoms with Crippen molar-refractivity contribution in [1.29, 1.82) is 0 Å². The third-order valence-corrected chi connectivity index (χ3v) is 7.38. The number of aryl methyl sites for hydroxylation is 1. The number of carboxylic acid groups (broad SMARTS) is 1. The summed E-state index contributed by atoms with van der Waals surface area (Å²) in [6, 6.07) is 14.8. The maximum absolute atomic E-state index is 13.1. The zero-order chi connectivity index (χ0) is 25.2. The standard InChI is InChI=1S/C26H28ClN3O4S/c1-16-22(35-24(28-16)17-9-11-18(27)12-10-17)23(31)29-19-6-5-13-30(15-19)20-7-4-8-21(14-20)34-26(2,3)25(32)33/h4,7-12,14,19H,5-6,13,15H2,1-3H3,(H,29,31)(H,32,33)/t19-/m0/s1. The van der Waals surface area contributed by atoms with Crippen LogP contribution in [0.2, 0.25) is 5.02 Å². The molecule has 0 bridgehead atoms. The molecule has 0 unspecified atom stereocenters. The molecule has 1 aromatic heterocycles. The van der Waals surface area contributed by atoms with Crippen molar-refractivity contribution in [2.45, 2.75) is 45.3 Å². The molecule has 1 saturated heterocycles. The Morgan fingerprint density at radius 1 is 1.23 bits per heavy atom. The van der Waals surface area contributed by atoms with Crippen molar-refractivity contribution in [3.05, 3.63) is 64.1 Å². The SMILES string of the molecule is Cc1nc(-c2ccc(Cl)cc2)sc1C(=O)N[C@H]1CCCN(c2cccc(OC(C)(C)C(=O)O)c2)C1. The van der Waals surface area contributed by atoms with E-state index in [1.807, 2.05) is 49.4 Å². The van der Waals surface area contributed by atoms with Gasteiger partial charge in [0.15, 0.2) is 5.60 Å². The monoisotopic (exact) mass is 513 g/mol. The van der Waals surface area contributed by atoms with E-state index in [4.69, 9.17) is 16.3 Å². The van der Waals surface area contributed by atoms with Crippen LogP contribution in [0.3, 0.4) is 0 Å². The Morgan fingerprint density at radius 3 is 2.69 bits per heavy atom. The summed E-state index contributed by atoms with van der Waals surface area (Å²) in [4.78, 5) is 31.9. The van der Waals surface area contributed by atoms with Gasteiger partial charge in [-0.05, 0) is 57.9 Å². The number of thiazole rings is 1. The number of nitrogens with zero attached hydrogens (tertiary/aromatic N) is 2. The van der Waals surface area contributed by atoms with Crippen molar-refractivity contribution < 1.29 is 19.4 Å². The Kier molecular flexibility index (Phi) is 7.33. The number of ether oxygens (including phenoxy) is 1. The number of hydrogen-bond acceptors (Lipinski definition) is 6. The molecule has 0 radical (unpaired) electrons. The number of anilines is 1. The number of piperidine rings is 1. The van der Waals surface area contributed by atoms with E-state index in [0.717, 1.165) is 35.6 Å². The van der Waals surface area contributed by atoms with Crippen LogP contribution in [0.4, 0.5) is 5.69 Å². The number of aliphatic carboxylic acids is 1. The number of benzene rings is 2. The van der Waals surface area contributed by atoms with Gasteiger partial charge in [0, 0.05) is 41.5 Å². The summed E-state index contributed by atoms with van der Waals surface area (Å²) < 4.78 is 5.69. The van der Waals surface area contributed by atoms with Crippen molar-refractivity contribution in [2.24, 2.45) is 0 Å². The van der Waals surface area contributed by atoms with Gasteiger partial charge in [-0.25, -0.2) is 9.78 Å².